The number of esters is 2. The standard InChI is InChI=1S/C25H29ClN2O5/c1-15(2)33-25(30)22-17(4)27-16(3)21(24(29)32-13-12-31-5)23(22)19-14-18(8-9-20(19)26)28-10-6-7-11-28/h6-11,14-15,23,27H,12-13H2,1-5H3. The average Bonchev–Trinajstić information content (AvgIpc) is 3.28. The first-order chi connectivity index (χ1) is 15.7. The maximum atomic E-state index is 13.2. The zero-order valence-electron chi connectivity index (χ0n) is 19.5. The van der Waals surface area contributed by atoms with Crippen molar-refractivity contribution in [3.63, 3.8) is 0 Å². The lowest BCUT2D eigenvalue weighted by Gasteiger charge is -2.31. The van der Waals surface area contributed by atoms with E-state index in [-0.39, 0.29) is 19.3 Å². The molecule has 1 atom stereocenters. The van der Waals surface area contributed by atoms with Crippen LogP contribution in [0.1, 0.15) is 39.2 Å². The summed E-state index contributed by atoms with van der Waals surface area (Å²) in [6, 6.07) is 9.35. The molecule has 0 aliphatic carbocycles. The molecular weight excluding hydrogens is 444 g/mol. The van der Waals surface area contributed by atoms with Gasteiger partial charge in [0.2, 0.25) is 0 Å². The lowest BCUT2D eigenvalue weighted by atomic mass is 9.80. The Kier molecular flexibility index (Phi) is 8.00. The average molecular weight is 473 g/mol. The number of nitrogens with zero attached hydrogens (tertiary/aromatic N) is 1. The molecule has 0 radical (unpaired) electrons. The third-order valence-corrected chi connectivity index (χ3v) is 5.60. The third-order valence-electron chi connectivity index (χ3n) is 5.26. The van der Waals surface area contributed by atoms with Gasteiger partial charge >= 0.3 is 11.9 Å². The summed E-state index contributed by atoms with van der Waals surface area (Å²) in [5.41, 5.74) is 3.26. The summed E-state index contributed by atoms with van der Waals surface area (Å²) in [5.74, 6) is -1.83. The Morgan fingerprint density at radius 2 is 1.70 bits per heavy atom. The fourth-order valence-corrected chi connectivity index (χ4v) is 4.07. The van der Waals surface area contributed by atoms with E-state index in [1.807, 2.05) is 41.2 Å². The molecule has 33 heavy (non-hydrogen) atoms. The molecule has 1 N–H and O–H groups in total. The number of carbonyl (C=O) groups is 2. The van der Waals surface area contributed by atoms with Crippen LogP contribution in [0.4, 0.5) is 0 Å². The molecular formula is C25H29ClN2O5. The Morgan fingerprint density at radius 3 is 2.30 bits per heavy atom. The van der Waals surface area contributed by atoms with E-state index in [2.05, 4.69) is 5.32 Å². The smallest absolute Gasteiger partial charge is 0.337 e. The molecule has 0 bridgehead atoms. The van der Waals surface area contributed by atoms with Gasteiger partial charge in [0, 0.05) is 41.6 Å². The second-order valence-electron chi connectivity index (χ2n) is 8.01. The predicted octanol–water partition coefficient (Wildman–Crippen LogP) is 4.51. The first-order valence-electron chi connectivity index (χ1n) is 10.7. The van der Waals surface area contributed by atoms with Crippen LogP contribution in [0.3, 0.4) is 0 Å². The van der Waals surface area contributed by atoms with E-state index in [4.69, 9.17) is 25.8 Å². The molecule has 1 aromatic heterocycles. The molecule has 8 heteroatoms. The molecule has 0 spiro atoms. The van der Waals surface area contributed by atoms with Crippen LogP contribution < -0.4 is 5.32 Å². The molecule has 1 aliphatic rings. The SMILES string of the molecule is COCCOC(=O)C1=C(C)NC(C)=C(C(=O)OC(C)C)C1c1cc(-n2cccc2)ccc1Cl. The van der Waals surface area contributed by atoms with Crippen molar-refractivity contribution in [2.75, 3.05) is 20.3 Å². The van der Waals surface area contributed by atoms with Crippen LogP contribution in [0.15, 0.2) is 65.3 Å². The molecule has 1 aromatic carbocycles. The number of allylic oxidation sites excluding steroid dienone is 2. The fraction of sp³-hybridized carbons (Fsp3) is 0.360. The Labute approximate surface area is 199 Å². The molecule has 7 nitrogen and oxygen atoms in total. The van der Waals surface area contributed by atoms with Crippen molar-refractivity contribution in [3.05, 3.63) is 75.9 Å². The maximum Gasteiger partial charge on any atom is 0.337 e. The van der Waals surface area contributed by atoms with Crippen molar-refractivity contribution < 1.29 is 23.8 Å². The summed E-state index contributed by atoms with van der Waals surface area (Å²) >= 11 is 6.66. The van der Waals surface area contributed by atoms with Crippen LogP contribution in [0.5, 0.6) is 0 Å². The number of rotatable bonds is 8. The highest BCUT2D eigenvalue weighted by Crippen LogP contribution is 2.42. The minimum atomic E-state index is -0.768. The summed E-state index contributed by atoms with van der Waals surface area (Å²) in [5, 5.41) is 3.57. The predicted molar refractivity (Wildman–Crippen MR) is 126 cm³/mol. The number of carbonyl (C=O) groups excluding carboxylic acids is 2. The van der Waals surface area contributed by atoms with Gasteiger partial charge < -0.3 is 24.1 Å². The number of hydrogen-bond acceptors (Lipinski definition) is 6. The lowest BCUT2D eigenvalue weighted by Crippen LogP contribution is -2.33. The lowest BCUT2D eigenvalue weighted by molar-refractivity contribution is -0.143. The number of nitrogens with one attached hydrogen (secondary N) is 1. The first-order valence-corrected chi connectivity index (χ1v) is 11.1. The van der Waals surface area contributed by atoms with Crippen LogP contribution in [0.25, 0.3) is 5.69 Å². The Morgan fingerprint density at radius 1 is 1.06 bits per heavy atom. The summed E-state index contributed by atoms with van der Waals surface area (Å²) in [7, 11) is 1.53. The number of aromatic nitrogens is 1. The van der Waals surface area contributed by atoms with E-state index in [9.17, 15) is 9.59 Å². The number of methoxy groups -OCH3 is 1. The topological polar surface area (TPSA) is 78.8 Å². The van der Waals surface area contributed by atoms with Crippen molar-refractivity contribution >= 4 is 23.5 Å². The van der Waals surface area contributed by atoms with E-state index >= 15 is 0 Å². The van der Waals surface area contributed by atoms with Gasteiger partial charge in [-0.25, -0.2) is 9.59 Å². The highest BCUT2D eigenvalue weighted by molar-refractivity contribution is 6.31. The van der Waals surface area contributed by atoms with Gasteiger partial charge in [-0.15, -0.1) is 0 Å². The summed E-state index contributed by atoms with van der Waals surface area (Å²) < 4.78 is 17.9. The second kappa shape index (κ2) is 10.7. The van der Waals surface area contributed by atoms with Crippen molar-refractivity contribution in [2.45, 2.75) is 39.7 Å². The molecule has 0 amide bonds. The minimum absolute atomic E-state index is 0.0877. The largest absolute Gasteiger partial charge is 0.460 e. The van der Waals surface area contributed by atoms with Crippen LogP contribution in [-0.4, -0.2) is 42.9 Å². The summed E-state index contributed by atoms with van der Waals surface area (Å²) in [4.78, 5) is 26.4. The van der Waals surface area contributed by atoms with E-state index in [0.717, 1.165) is 5.69 Å². The zero-order valence-corrected chi connectivity index (χ0v) is 20.2. The molecule has 0 saturated carbocycles. The van der Waals surface area contributed by atoms with Crippen molar-refractivity contribution in [1.82, 2.24) is 9.88 Å². The van der Waals surface area contributed by atoms with Gasteiger partial charge in [-0.1, -0.05) is 11.6 Å². The van der Waals surface area contributed by atoms with E-state index < -0.39 is 17.9 Å². The molecule has 176 valence electrons. The van der Waals surface area contributed by atoms with Crippen molar-refractivity contribution in [2.24, 2.45) is 0 Å². The molecule has 0 fully saturated rings. The minimum Gasteiger partial charge on any atom is -0.460 e. The van der Waals surface area contributed by atoms with Gasteiger partial charge in [-0.3, -0.25) is 0 Å². The quantitative estimate of drug-likeness (QED) is 0.450. The number of hydrogen-bond donors (Lipinski definition) is 1. The molecule has 3 rings (SSSR count). The van der Waals surface area contributed by atoms with E-state index in [0.29, 0.717) is 33.1 Å². The highest BCUT2D eigenvalue weighted by atomic mass is 35.5. The fourth-order valence-electron chi connectivity index (χ4n) is 3.84. The van der Waals surface area contributed by atoms with Gasteiger partial charge in [0.25, 0.3) is 0 Å². The Balaban J connectivity index is 2.17. The Hall–Kier alpha value is -3.03. The molecule has 1 unspecified atom stereocenters. The van der Waals surface area contributed by atoms with Crippen LogP contribution in [0.2, 0.25) is 5.02 Å². The second-order valence-corrected chi connectivity index (χ2v) is 8.42. The zero-order chi connectivity index (χ0) is 24.1. The maximum absolute atomic E-state index is 13.2. The monoisotopic (exact) mass is 472 g/mol. The van der Waals surface area contributed by atoms with Crippen LogP contribution >= 0.6 is 11.6 Å². The van der Waals surface area contributed by atoms with Crippen LogP contribution in [0, 0.1) is 0 Å². The highest BCUT2D eigenvalue weighted by Gasteiger charge is 2.39. The molecule has 1 aliphatic heterocycles. The summed E-state index contributed by atoms with van der Waals surface area (Å²) in [6.45, 7) is 7.46. The molecule has 2 heterocycles. The number of dihydropyridines is 1. The van der Waals surface area contributed by atoms with Gasteiger partial charge in [-0.05, 0) is 63.6 Å². The van der Waals surface area contributed by atoms with E-state index in [1.54, 1.807) is 33.8 Å². The van der Waals surface area contributed by atoms with Gasteiger partial charge in [0.05, 0.1) is 29.8 Å². The van der Waals surface area contributed by atoms with Crippen molar-refractivity contribution in [1.29, 1.82) is 0 Å². The summed E-state index contributed by atoms with van der Waals surface area (Å²) in [6.07, 6.45) is 3.49. The van der Waals surface area contributed by atoms with E-state index in [1.165, 1.54) is 7.11 Å². The van der Waals surface area contributed by atoms with Crippen LogP contribution in [-0.2, 0) is 23.8 Å². The Bertz CT molecular complexity index is 1090. The van der Waals surface area contributed by atoms with Crippen molar-refractivity contribution in [3.8, 4) is 5.69 Å². The number of benzene rings is 1. The first kappa shape index (κ1) is 24.6. The third kappa shape index (κ3) is 5.49. The number of halogens is 1. The van der Waals surface area contributed by atoms with Gasteiger partial charge in [0.15, 0.2) is 0 Å². The van der Waals surface area contributed by atoms with Gasteiger partial charge in [0.1, 0.15) is 6.61 Å². The van der Waals surface area contributed by atoms with Gasteiger partial charge in [-0.2, -0.15) is 0 Å². The molecule has 0 saturated heterocycles. The normalized spacial score (nSPS) is 16.2. The number of ether oxygens (including phenoxy) is 3. The molecule has 2 aromatic rings.